The highest BCUT2D eigenvalue weighted by molar-refractivity contribution is 5.69. The van der Waals surface area contributed by atoms with Crippen molar-refractivity contribution in [1.82, 2.24) is 14.9 Å². The average Bonchev–Trinajstić information content (AvgIpc) is 2.76. The normalized spacial score (nSPS) is 15.3. The predicted octanol–water partition coefficient (Wildman–Crippen LogP) is 3.79. The number of carbonyl (C=O) groups excluding carboxylic acids is 1. The lowest BCUT2D eigenvalue weighted by Crippen LogP contribution is -2.35. The van der Waals surface area contributed by atoms with E-state index in [-0.39, 0.29) is 18.8 Å². The minimum absolute atomic E-state index is 0.0264. The van der Waals surface area contributed by atoms with Gasteiger partial charge in [-0.1, -0.05) is 19.8 Å². The maximum absolute atomic E-state index is 12.4. The second-order valence-electron chi connectivity index (χ2n) is 8.12. The minimum atomic E-state index is -0.372. The summed E-state index contributed by atoms with van der Waals surface area (Å²) in [5.74, 6) is 6.76. The monoisotopic (exact) mass is 433 g/mol. The fraction of sp³-hybridized carbons (Fsp3) is 0.652. The number of pyridine rings is 1. The van der Waals surface area contributed by atoms with Crippen molar-refractivity contribution in [3.63, 3.8) is 0 Å². The van der Waals surface area contributed by atoms with Crippen LogP contribution in [0.3, 0.4) is 0 Å². The Morgan fingerprint density at radius 3 is 2.52 bits per heavy atom. The van der Waals surface area contributed by atoms with Crippen LogP contribution in [0.4, 0.5) is 4.79 Å². The van der Waals surface area contributed by atoms with E-state index in [9.17, 15) is 4.79 Å². The van der Waals surface area contributed by atoms with Crippen LogP contribution in [-0.4, -0.2) is 53.8 Å². The van der Waals surface area contributed by atoms with Crippen molar-refractivity contribution in [2.45, 2.75) is 71.8 Å². The van der Waals surface area contributed by atoms with Crippen LogP contribution in [0.2, 0.25) is 0 Å². The molecule has 8 nitrogen and oxygen atoms in total. The molecule has 0 saturated heterocycles. The zero-order valence-electron chi connectivity index (χ0n) is 19.5. The van der Waals surface area contributed by atoms with E-state index < -0.39 is 0 Å². The molecule has 0 atom stereocenters. The van der Waals surface area contributed by atoms with Crippen LogP contribution in [0.5, 0.6) is 5.75 Å². The molecule has 0 aromatic carbocycles. The van der Waals surface area contributed by atoms with Crippen molar-refractivity contribution < 1.29 is 14.3 Å². The molecule has 1 aromatic heterocycles. The summed E-state index contributed by atoms with van der Waals surface area (Å²) >= 11 is 0. The first kappa shape index (κ1) is 24.8. The molecule has 0 bridgehead atoms. The summed E-state index contributed by atoms with van der Waals surface area (Å²) in [5, 5.41) is 1.37. The maximum atomic E-state index is 12.4. The smallest absolute Gasteiger partial charge is 0.410 e. The first-order chi connectivity index (χ1) is 14.9. The molecular weight excluding hydrogens is 394 g/mol. The number of ether oxygens (including phenoxy) is 2. The fourth-order valence-corrected chi connectivity index (χ4v) is 3.65. The number of nitrogens with two attached hydrogens (primary N) is 2. The van der Waals surface area contributed by atoms with Crippen molar-refractivity contribution >= 4 is 11.8 Å². The molecule has 1 amide bonds. The molecule has 1 aromatic rings. The molecule has 0 unspecified atom stereocenters. The summed E-state index contributed by atoms with van der Waals surface area (Å²) in [7, 11) is 1.66. The lowest BCUT2D eigenvalue weighted by atomic mass is 9.98. The van der Waals surface area contributed by atoms with Gasteiger partial charge in [0, 0.05) is 20.1 Å². The number of hydrogen-bond acceptors (Lipinski definition) is 7. The molecule has 1 aliphatic rings. The van der Waals surface area contributed by atoms with E-state index in [1.54, 1.807) is 11.9 Å². The minimum Gasteiger partial charge on any atom is -0.489 e. The highest BCUT2D eigenvalue weighted by Gasteiger charge is 2.19. The van der Waals surface area contributed by atoms with E-state index in [4.69, 9.17) is 21.1 Å². The van der Waals surface area contributed by atoms with Gasteiger partial charge in [-0.05, 0) is 58.1 Å². The summed E-state index contributed by atoms with van der Waals surface area (Å²) in [4.78, 5) is 18.7. The molecule has 174 valence electrons. The van der Waals surface area contributed by atoms with Gasteiger partial charge < -0.3 is 25.1 Å². The molecular formula is C23H39N5O3. The second-order valence-corrected chi connectivity index (χ2v) is 8.12. The summed E-state index contributed by atoms with van der Waals surface area (Å²) in [6.07, 6.45) is 7.71. The van der Waals surface area contributed by atoms with E-state index in [1.165, 1.54) is 24.3 Å². The largest absolute Gasteiger partial charge is 0.489 e. The quantitative estimate of drug-likeness (QED) is 0.427. The van der Waals surface area contributed by atoms with Crippen molar-refractivity contribution in [1.29, 1.82) is 0 Å². The molecule has 31 heavy (non-hydrogen) atoms. The highest BCUT2D eigenvalue weighted by Crippen LogP contribution is 2.26. The number of nitrogens with zero attached hydrogens (tertiary/aromatic N) is 3. The fourth-order valence-electron chi connectivity index (χ4n) is 3.65. The number of likely N-dealkylation sites (N-methyl/N-ethyl adjacent to an activating group) is 1. The molecule has 0 spiro atoms. The van der Waals surface area contributed by atoms with E-state index >= 15 is 0 Å². The Morgan fingerprint density at radius 1 is 1.23 bits per heavy atom. The SMILES string of the molecule is CCCCN(CC)C(=O)OC/C(=C(/N)c1ccc(OC2CCCCC2)c(C)n1)N(C)N. The van der Waals surface area contributed by atoms with Crippen molar-refractivity contribution in [3.05, 3.63) is 29.2 Å². The van der Waals surface area contributed by atoms with Gasteiger partial charge in [-0.3, -0.25) is 0 Å². The van der Waals surface area contributed by atoms with Gasteiger partial charge in [0.1, 0.15) is 12.4 Å². The Bertz CT molecular complexity index is 745. The number of unbranched alkanes of at least 4 members (excludes halogenated alkanes) is 1. The molecule has 4 N–H and O–H groups in total. The van der Waals surface area contributed by atoms with Gasteiger partial charge in [0.15, 0.2) is 0 Å². The Balaban J connectivity index is 2.10. The zero-order chi connectivity index (χ0) is 22.8. The Labute approximate surface area is 186 Å². The van der Waals surface area contributed by atoms with E-state index in [1.807, 2.05) is 26.0 Å². The van der Waals surface area contributed by atoms with Gasteiger partial charge in [-0.2, -0.15) is 0 Å². The van der Waals surface area contributed by atoms with Crippen molar-refractivity contribution in [2.24, 2.45) is 11.6 Å². The number of aromatic nitrogens is 1. The Morgan fingerprint density at radius 2 is 1.94 bits per heavy atom. The number of hydrogen-bond donors (Lipinski definition) is 2. The van der Waals surface area contributed by atoms with Crippen LogP contribution in [0.15, 0.2) is 17.8 Å². The van der Waals surface area contributed by atoms with Crippen LogP contribution < -0.4 is 16.3 Å². The third-order valence-corrected chi connectivity index (χ3v) is 5.65. The first-order valence-corrected chi connectivity index (χ1v) is 11.4. The standard InChI is InChI=1S/C23H39N5O3/c1-5-7-15-28(6-2)23(29)30-16-20(27(4)25)22(24)19-13-14-21(17(3)26-19)31-18-11-9-8-10-12-18/h13-14,18H,5-12,15-16,24-25H2,1-4H3/b22-20-. The molecule has 0 radical (unpaired) electrons. The summed E-state index contributed by atoms with van der Waals surface area (Å²) in [6, 6.07) is 3.73. The van der Waals surface area contributed by atoms with Gasteiger partial charge in [0.05, 0.1) is 28.9 Å². The third kappa shape index (κ3) is 7.31. The lowest BCUT2D eigenvalue weighted by molar-refractivity contribution is 0.106. The summed E-state index contributed by atoms with van der Waals surface area (Å²) in [6.45, 7) is 7.16. The van der Waals surface area contributed by atoms with Gasteiger partial charge in [-0.25, -0.2) is 15.6 Å². The number of carbonyl (C=O) groups is 1. The number of amides is 1. The van der Waals surface area contributed by atoms with E-state index in [0.717, 1.165) is 37.1 Å². The zero-order valence-corrected chi connectivity index (χ0v) is 19.5. The molecule has 1 fully saturated rings. The summed E-state index contributed by atoms with van der Waals surface area (Å²) in [5.41, 5.74) is 8.59. The van der Waals surface area contributed by atoms with Gasteiger partial charge in [0.2, 0.25) is 0 Å². The predicted molar refractivity (Wildman–Crippen MR) is 123 cm³/mol. The number of hydrazine groups is 1. The first-order valence-electron chi connectivity index (χ1n) is 11.4. The van der Waals surface area contributed by atoms with Gasteiger partial charge in [0.25, 0.3) is 0 Å². The number of rotatable bonds is 10. The van der Waals surface area contributed by atoms with Crippen LogP contribution in [0.1, 0.15) is 70.2 Å². The van der Waals surface area contributed by atoms with Gasteiger partial charge >= 0.3 is 6.09 Å². The molecule has 0 aliphatic heterocycles. The molecule has 1 saturated carbocycles. The Hall–Kier alpha value is -2.48. The van der Waals surface area contributed by atoms with Crippen LogP contribution in [0.25, 0.3) is 5.70 Å². The summed E-state index contributed by atoms with van der Waals surface area (Å²) < 4.78 is 11.6. The van der Waals surface area contributed by atoms with Crippen LogP contribution >= 0.6 is 0 Å². The van der Waals surface area contributed by atoms with Crippen molar-refractivity contribution in [2.75, 3.05) is 26.7 Å². The number of aryl methyl sites for hydroxylation is 1. The van der Waals surface area contributed by atoms with Crippen molar-refractivity contribution in [3.8, 4) is 5.75 Å². The second kappa shape index (κ2) is 12.4. The van der Waals surface area contributed by atoms with E-state index in [0.29, 0.717) is 30.2 Å². The average molecular weight is 434 g/mol. The lowest BCUT2D eigenvalue weighted by Gasteiger charge is -2.24. The van der Waals surface area contributed by atoms with Gasteiger partial charge in [-0.15, -0.1) is 0 Å². The molecule has 8 heteroatoms. The molecule has 1 aliphatic carbocycles. The maximum Gasteiger partial charge on any atom is 0.410 e. The Kier molecular flexibility index (Phi) is 9.91. The van der Waals surface area contributed by atoms with Crippen LogP contribution in [0, 0.1) is 6.92 Å². The molecule has 1 heterocycles. The van der Waals surface area contributed by atoms with Crippen LogP contribution in [-0.2, 0) is 4.74 Å². The molecule has 2 rings (SSSR count). The third-order valence-electron chi connectivity index (χ3n) is 5.65. The van der Waals surface area contributed by atoms with E-state index in [2.05, 4.69) is 11.9 Å². The highest BCUT2D eigenvalue weighted by atomic mass is 16.6. The topological polar surface area (TPSA) is 107 Å².